The normalized spacial score (nSPS) is 19.6. The first-order valence-electron chi connectivity index (χ1n) is 7.66. The molecule has 0 spiro atoms. The molecule has 0 bridgehead atoms. The summed E-state index contributed by atoms with van der Waals surface area (Å²) in [4.78, 5) is 2.29. The Morgan fingerprint density at radius 2 is 2.10 bits per heavy atom. The highest BCUT2D eigenvalue weighted by atomic mass is 19.1. The summed E-state index contributed by atoms with van der Waals surface area (Å²) in [6.45, 7) is 5.49. The SMILES string of the molecule is CC(C)CC(CNC1CCc2c(F)cccc21)N(C)C. The lowest BCUT2D eigenvalue weighted by Gasteiger charge is -2.28. The third-order valence-electron chi connectivity index (χ3n) is 4.29. The Bertz CT molecular complexity index is 443. The number of hydrogen-bond donors (Lipinski definition) is 1. The number of benzene rings is 1. The van der Waals surface area contributed by atoms with Gasteiger partial charge in [-0.2, -0.15) is 0 Å². The number of nitrogens with one attached hydrogen (secondary N) is 1. The molecule has 0 aliphatic heterocycles. The Kier molecular flexibility index (Phi) is 5.17. The lowest BCUT2D eigenvalue weighted by Crippen LogP contribution is -2.39. The Hall–Kier alpha value is -0.930. The van der Waals surface area contributed by atoms with Crippen LogP contribution in [0.2, 0.25) is 0 Å². The van der Waals surface area contributed by atoms with Crippen molar-refractivity contribution in [2.45, 2.75) is 45.2 Å². The van der Waals surface area contributed by atoms with Crippen LogP contribution in [0.5, 0.6) is 0 Å². The molecule has 20 heavy (non-hydrogen) atoms. The average molecular weight is 278 g/mol. The van der Waals surface area contributed by atoms with Crippen LogP contribution in [0.15, 0.2) is 18.2 Å². The van der Waals surface area contributed by atoms with Gasteiger partial charge in [0.15, 0.2) is 0 Å². The summed E-state index contributed by atoms with van der Waals surface area (Å²) < 4.78 is 13.7. The van der Waals surface area contributed by atoms with Gasteiger partial charge in [0.25, 0.3) is 0 Å². The number of nitrogens with zero attached hydrogens (tertiary/aromatic N) is 1. The van der Waals surface area contributed by atoms with Crippen molar-refractivity contribution in [3.63, 3.8) is 0 Å². The minimum atomic E-state index is -0.0434. The number of fused-ring (bicyclic) bond motifs is 1. The largest absolute Gasteiger partial charge is 0.308 e. The maximum Gasteiger partial charge on any atom is 0.126 e. The van der Waals surface area contributed by atoms with E-state index in [0.29, 0.717) is 18.0 Å². The van der Waals surface area contributed by atoms with Crippen LogP contribution >= 0.6 is 0 Å². The van der Waals surface area contributed by atoms with Crippen molar-refractivity contribution in [3.05, 3.63) is 35.1 Å². The zero-order valence-corrected chi connectivity index (χ0v) is 13.1. The Labute approximate surface area is 122 Å². The smallest absolute Gasteiger partial charge is 0.126 e. The van der Waals surface area contributed by atoms with Crippen molar-refractivity contribution in [2.24, 2.45) is 5.92 Å². The van der Waals surface area contributed by atoms with Crippen molar-refractivity contribution >= 4 is 0 Å². The average Bonchev–Trinajstić information content (AvgIpc) is 2.78. The monoisotopic (exact) mass is 278 g/mol. The molecule has 2 nitrogen and oxygen atoms in total. The molecular weight excluding hydrogens is 251 g/mol. The molecule has 0 radical (unpaired) electrons. The van der Waals surface area contributed by atoms with E-state index < -0.39 is 0 Å². The van der Waals surface area contributed by atoms with Gasteiger partial charge in [-0.15, -0.1) is 0 Å². The third-order valence-corrected chi connectivity index (χ3v) is 4.29. The van der Waals surface area contributed by atoms with Crippen LogP contribution in [0.3, 0.4) is 0 Å². The zero-order valence-electron chi connectivity index (χ0n) is 13.1. The molecule has 3 heteroatoms. The van der Waals surface area contributed by atoms with E-state index in [-0.39, 0.29) is 5.82 Å². The highest BCUT2D eigenvalue weighted by Crippen LogP contribution is 2.32. The molecule has 0 saturated heterocycles. The van der Waals surface area contributed by atoms with E-state index in [1.54, 1.807) is 6.07 Å². The summed E-state index contributed by atoms with van der Waals surface area (Å²) in [5.74, 6) is 0.649. The van der Waals surface area contributed by atoms with E-state index in [9.17, 15) is 4.39 Å². The number of rotatable bonds is 6. The number of halogens is 1. The Balaban J connectivity index is 1.97. The molecule has 0 amide bonds. The van der Waals surface area contributed by atoms with E-state index in [0.717, 1.165) is 30.5 Å². The van der Waals surface area contributed by atoms with Crippen molar-refractivity contribution in [1.29, 1.82) is 0 Å². The van der Waals surface area contributed by atoms with Gasteiger partial charge in [-0.05, 0) is 56.5 Å². The van der Waals surface area contributed by atoms with Crippen molar-refractivity contribution < 1.29 is 4.39 Å². The van der Waals surface area contributed by atoms with Crippen LogP contribution in [0.4, 0.5) is 4.39 Å². The lowest BCUT2D eigenvalue weighted by molar-refractivity contribution is 0.240. The molecule has 1 N–H and O–H groups in total. The van der Waals surface area contributed by atoms with E-state index in [1.165, 1.54) is 6.42 Å². The van der Waals surface area contributed by atoms with Gasteiger partial charge in [0, 0.05) is 18.6 Å². The first-order valence-corrected chi connectivity index (χ1v) is 7.66. The summed E-state index contributed by atoms with van der Waals surface area (Å²) in [7, 11) is 4.27. The van der Waals surface area contributed by atoms with Gasteiger partial charge >= 0.3 is 0 Å². The Morgan fingerprint density at radius 1 is 1.35 bits per heavy atom. The quantitative estimate of drug-likeness (QED) is 0.858. The highest BCUT2D eigenvalue weighted by Gasteiger charge is 2.25. The second-order valence-electron chi connectivity index (χ2n) is 6.55. The molecule has 0 saturated carbocycles. The molecular formula is C17H27FN2. The van der Waals surface area contributed by atoms with E-state index in [2.05, 4.69) is 44.2 Å². The van der Waals surface area contributed by atoms with Gasteiger partial charge in [-0.3, -0.25) is 0 Å². The van der Waals surface area contributed by atoms with Crippen molar-refractivity contribution in [2.75, 3.05) is 20.6 Å². The molecule has 0 aromatic heterocycles. The summed E-state index contributed by atoms with van der Waals surface area (Å²) in [5.41, 5.74) is 2.07. The van der Waals surface area contributed by atoms with E-state index >= 15 is 0 Å². The third kappa shape index (κ3) is 3.58. The zero-order chi connectivity index (χ0) is 14.7. The van der Waals surface area contributed by atoms with E-state index in [1.807, 2.05) is 6.07 Å². The fraction of sp³-hybridized carbons (Fsp3) is 0.647. The van der Waals surface area contributed by atoms with Gasteiger partial charge in [0.2, 0.25) is 0 Å². The van der Waals surface area contributed by atoms with Gasteiger partial charge in [0.1, 0.15) is 5.82 Å². The first kappa shape index (κ1) is 15.5. The molecule has 0 heterocycles. The summed E-state index contributed by atoms with van der Waals surface area (Å²) in [6, 6.07) is 6.31. The molecule has 1 aromatic carbocycles. The van der Waals surface area contributed by atoms with Crippen molar-refractivity contribution in [1.82, 2.24) is 10.2 Å². The maximum atomic E-state index is 13.7. The minimum absolute atomic E-state index is 0.0434. The second-order valence-corrected chi connectivity index (χ2v) is 6.55. The first-order chi connectivity index (χ1) is 9.49. The maximum absolute atomic E-state index is 13.7. The summed E-state index contributed by atoms with van der Waals surface area (Å²) in [5, 5.41) is 3.64. The molecule has 2 atom stereocenters. The molecule has 1 aromatic rings. The molecule has 0 fully saturated rings. The molecule has 1 aliphatic carbocycles. The van der Waals surface area contributed by atoms with E-state index in [4.69, 9.17) is 0 Å². The van der Waals surface area contributed by atoms with Crippen molar-refractivity contribution in [3.8, 4) is 0 Å². The van der Waals surface area contributed by atoms with Gasteiger partial charge in [-0.1, -0.05) is 26.0 Å². The molecule has 2 rings (SSSR count). The fourth-order valence-corrected chi connectivity index (χ4v) is 3.12. The van der Waals surface area contributed by atoms with Crippen LogP contribution in [-0.2, 0) is 6.42 Å². The van der Waals surface area contributed by atoms with Crippen LogP contribution in [0.1, 0.15) is 43.9 Å². The van der Waals surface area contributed by atoms with Gasteiger partial charge in [-0.25, -0.2) is 4.39 Å². The number of hydrogen-bond acceptors (Lipinski definition) is 2. The van der Waals surface area contributed by atoms with Gasteiger partial charge < -0.3 is 10.2 Å². The predicted molar refractivity (Wildman–Crippen MR) is 82.4 cm³/mol. The molecule has 2 unspecified atom stereocenters. The van der Waals surface area contributed by atoms with Crippen LogP contribution in [0, 0.1) is 11.7 Å². The lowest BCUT2D eigenvalue weighted by atomic mass is 10.0. The highest BCUT2D eigenvalue weighted by molar-refractivity contribution is 5.35. The molecule has 112 valence electrons. The summed E-state index contributed by atoms with van der Waals surface area (Å²) in [6.07, 6.45) is 3.05. The topological polar surface area (TPSA) is 15.3 Å². The number of likely N-dealkylation sites (N-methyl/N-ethyl adjacent to an activating group) is 1. The molecule has 1 aliphatic rings. The van der Waals surface area contributed by atoms with Crippen LogP contribution in [0.25, 0.3) is 0 Å². The fourth-order valence-electron chi connectivity index (χ4n) is 3.12. The Morgan fingerprint density at radius 3 is 2.75 bits per heavy atom. The second kappa shape index (κ2) is 6.68. The summed E-state index contributed by atoms with van der Waals surface area (Å²) >= 11 is 0. The standard InChI is InChI=1S/C17H27FN2/c1-12(2)10-13(20(3)4)11-19-17-9-8-14-15(17)6-5-7-16(14)18/h5-7,12-13,17,19H,8-11H2,1-4H3. The van der Waals surface area contributed by atoms with Crippen LogP contribution < -0.4 is 5.32 Å². The minimum Gasteiger partial charge on any atom is -0.308 e. The predicted octanol–water partition coefficient (Wildman–Crippen LogP) is 3.38. The van der Waals surface area contributed by atoms with Gasteiger partial charge in [0.05, 0.1) is 0 Å². The van der Waals surface area contributed by atoms with Crippen LogP contribution in [-0.4, -0.2) is 31.6 Å².